The van der Waals surface area contributed by atoms with E-state index in [2.05, 4.69) is 5.32 Å². The van der Waals surface area contributed by atoms with Gasteiger partial charge in [0.1, 0.15) is 22.1 Å². The van der Waals surface area contributed by atoms with Crippen molar-refractivity contribution < 1.29 is 23.8 Å². The van der Waals surface area contributed by atoms with Crippen LogP contribution >= 0.6 is 11.3 Å². The van der Waals surface area contributed by atoms with Gasteiger partial charge in [-0.2, -0.15) is 0 Å². The number of esters is 1. The van der Waals surface area contributed by atoms with Gasteiger partial charge in [-0.15, -0.1) is 11.3 Å². The van der Waals surface area contributed by atoms with E-state index in [4.69, 9.17) is 14.2 Å². The number of thiophene rings is 1. The van der Waals surface area contributed by atoms with Gasteiger partial charge < -0.3 is 19.5 Å². The molecule has 7 heteroatoms. The van der Waals surface area contributed by atoms with Crippen LogP contribution in [0.2, 0.25) is 0 Å². The lowest BCUT2D eigenvalue weighted by Crippen LogP contribution is -2.15. The highest BCUT2D eigenvalue weighted by atomic mass is 32.1. The maximum atomic E-state index is 12.7. The molecule has 3 aromatic rings. The number of carbonyl (C=O) groups excluding carboxylic acids is 2. The zero-order chi connectivity index (χ0) is 23.8. The van der Waals surface area contributed by atoms with Crippen molar-refractivity contribution in [3.63, 3.8) is 0 Å². The molecule has 3 rings (SSSR count). The predicted octanol–water partition coefficient (Wildman–Crippen LogP) is 6.01. The third-order valence-corrected chi connectivity index (χ3v) is 5.97. The predicted molar refractivity (Wildman–Crippen MR) is 132 cm³/mol. The molecule has 0 atom stereocenters. The molecule has 0 aliphatic carbocycles. The zero-order valence-corrected chi connectivity index (χ0v) is 20.2. The van der Waals surface area contributed by atoms with Crippen LogP contribution in [0.1, 0.15) is 41.3 Å². The number of benzene rings is 2. The highest BCUT2D eigenvalue weighted by Crippen LogP contribution is 2.37. The normalized spacial score (nSPS) is 10.5. The average molecular weight is 468 g/mol. The van der Waals surface area contributed by atoms with E-state index < -0.39 is 5.97 Å². The summed E-state index contributed by atoms with van der Waals surface area (Å²) in [5.41, 5.74) is 4.12. The summed E-state index contributed by atoms with van der Waals surface area (Å²) in [6.07, 6.45) is 0.841. The molecule has 1 aromatic heterocycles. The Morgan fingerprint density at radius 2 is 1.82 bits per heavy atom. The van der Waals surface area contributed by atoms with Gasteiger partial charge in [0.25, 0.3) is 0 Å². The van der Waals surface area contributed by atoms with Crippen LogP contribution in [-0.2, 0) is 9.53 Å². The molecule has 0 fully saturated rings. The number of hydrogen-bond acceptors (Lipinski definition) is 6. The Balaban J connectivity index is 1.66. The lowest BCUT2D eigenvalue weighted by molar-refractivity contribution is -0.116. The molecule has 0 spiro atoms. The number of ether oxygens (including phenoxy) is 3. The summed E-state index contributed by atoms with van der Waals surface area (Å²) in [5, 5.41) is 5.22. The van der Waals surface area contributed by atoms with Gasteiger partial charge in [0.2, 0.25) is 5.91 Å². The fourth-order valence-corrected chi connectivity index (χ4v) is 4.28. The Morgan fingerprint density at radius 3 is 2.52 bits per heavy atom. The molecule has 0 saturated carbocycles. The quantitative estimate of drug-likeness (QED) is 0.292. The van der Waals surface area contributed by atoms with Crippen molar-refractivity contribution in [3.8, 4) is 22.6 Å². The van der Waals surface area contributed by atoms with E-state index in [0.717, 1.165) is 33.8 Å². The van der Waals surface area contributed by atoms with Crippen LogP contribution in [-0.4, -0.2) is 32.2 Å². The molecular weight excluding hydrogens is 438 g/mol. The first-order valence-electron chi connectivity index (χ1n) is 10.9. The minimum absolute atomic E-state index is 0.173. The van der Waals surface area contributed by atoms with Gasteiger partial charge in [0.15, 0.2) is 0 Å². The molecule has 6 nitrogen and oxygen atoms in total. The van der Waals surface area contributed by atoms with E-state index in [1.165, 1.54) is 11.3 Å². The number of nitrogens with one attached hydrogen (secondary N) is 1. The summed E-state index contributed by atoms with van der Waals surface area (Å²) in [4.78, 5) is 25.3. The largest absolute Gasteiger partial charge is 0.497 e. The number of carbonyl (C=O) groups is 2. The monoisotopic (exact) mass is 467 g/mol. The van der Waals surface area contributed by atoms with Crippen molar-refractivity contribution in [2.75, 3.05) is 25.6 Å². The molecule has 0 saturated heterocycles. The van der Waals surface area contributed by atoms with Gasteiger partial charge in [0.05, 0.1) is 20.3 Å². The van der Waals surface area contributed by atoms with Gasteiger partial charge in [-0.3, -0.25) is 4.79 Å². The maximum Gasteiger partial charge on any atom is 0.341 e. The number of rotatable bonds is 10. The molecule has 33 heavy (non-hydrogen) atoms. The fourth-order valence-electron chi connectivity index (χ4n) is 3.31. The third kappa shape index (κ3) is 6.35. The maximum absolute atomic E-state index is 12.7. The summed E-state index contributed by atoms with van der Waals surface area (Å²) < 4.78 is 16.3. The van der Waals surface area contributed by atoms with Crippen molar-refractivity contribution in [2.24, 2.45) is 0 Å². The highest BCUT2D eigenvalue weighted by molar-refractivity contribution is 7.15. The second-order valence-electron chi connectivity index (χ2n) is 7.57. The molecular formula is C26H29NO5S. The van der Waals surface area contributed by atoms with Crippen LogP contribution in [0.4, 0.5) is 5.00 Å². The highest BCUT2D eigenvalue weighted by Gasteiger charge is 2.22. The topological polar surface area (TPSA) is 73.9 Å². The number of hydrogen-bond donors (Lipinski definition) is 1. The zero-order valence-electron chi connectivity index (χ0n) is 19.4. The van der Waals surface area contributed by atoms with E-state index in [-0.39, 0.29) is 18.9 Å². The number of aryl methyl sites for hydroxylation is 2. The summed E-state index contributed by atoms with van der Waals surface area (Å²) in [5.74, 6) is 0.928. The van der Waals surface area contributed by atoms with E-state index in [0.29, 0.717) is 23.6 Å². The van der Waals surface area contributed by atoms with Crippen molar-refractivity contribution in [2.45, 2.75) is 33.6 Å². The first-order valence-corrected chi connectivity index (χ1v) is 11.7. The summed E-state index contributed by atoms with van der Waals surface area (Å²) in [7, 11) is 1.60. The van der Waals surface area contributed by atoms with Gasteiger partial charge in [0, 0.05) is 17.4 Å². The van der Waals surface area contributed by atoms with Gasteiger partial charge >= 0.3 is 5.97 Å². The van der Waals surface area contributed by atoms with Crippen LogP contribution in [0, 0.1) is 13.8 Å². The minimum Gasteiger partial charge on any atom is -0.497 e. The second-order valence-corrected chi connectivity index (χ2v) is 8.45. The van der Waals surface area contributed by atoms with Crippen molar-refractivity contribution in [1.29, 1.82) is 0 Å². The third-order valence-electron chi connectivity index (χ3n) is 5.07. The van der Waals surface area contributed by atoms with Crippen LogP contribution < -0.4 is 14.8 Å². The standard InChI is InChI=1S/C26H29NO5S/c1-5-31-26(29)24-21(19-10-12-20(30-4)13-11-19)16-33-25(24)27-23(28)7-6-14-32-22-15-17(2)8-9-18(22)3/h8-13,15-16H,5-7,14H2,1-4H3,(H,27,28). The van der Waals surface area contributed by atoms with Crippen LogP contribution in [0.15, 0.2) is 47.8 Å². The summed E-state index contributed by atoms with van der Waals surface area (Å²) >= 11 is 1.31. The lowest BCUT2D eigenvalue weighted by Gasteiger charge is -2.11. The lowest BCUT2D eigenvalue weighted by atomic mass is 10.0. The van der Waals surface area contributed by atoms with E-state index in [1.807, 2.05) is 61.7 Å². The first-order chi connectivity index (χ1) is 15.9. The van der Waals surface area contributed by atoms with Gasteiger partial charge in [-0.1, -0.05) is 24.3 Å². The Labute approximate surface area is 198 Å². The van der Waals surface area contributed by atoms with Gasteiger partial charge in [-0.05, 0) is 62.1 Å². The molecule has 0 radical (unpaired) electrons. The number of anilines is 1. The Hall–Kier alpha value is -3.32. The van der Waals surface area contributed by atoms with E-state index in [1.54, 1.807) is 14.0 Å². The minimum atomic E-state index is -0.460. The Kier molecular flexibility index (Phi) is 8.49. The van der Waals surface area contributed by atoms with Crippen molar-refractivity contribution in [3.05, 3.63) is 64.5 Å². The number of amides is 1. The first kappa shape index (κ1) is 24.3. The fraction of sp³-hybridized carbons (Fsp3) is 0.308. The summed E-state index contributed by atoms with van der Waals surface area (Å²) in [6.45, 7) is 6.45. The molecule has 1 amide bonds. The average Bonchev–Trinajstić information content (AvgIpc) is 3.22. The Bertz CT molecular complexity index is 1100. The van der Waals surface area contributed by atoms with Crippen molar-refractivity contribution in [1.82, 2.24) is 0 Å². The number of methoxy groups -OCH3 is 1. The SMILES string of the molecule is CCOC(=O)c1c(-c2ccc(OC)cc2)csc1NC(=O)CCCOc1cc(C)ccc1C. The Morgan fingerprint density at radius 1 is 1.06 bits per heavy atom. The molecule has 0 unspecified atom stereocenters. The molecule has 1 heterocycles. The smallest absolute Gasteiger partial charge is 0.341 e. The van der Waals surface area contributed by atoms with Crippen molar-refractivity contribution >= 4 is 28.2 Å². The summed E-state index contributed by atoms with van der Waals surface area (Å²) in [6, 6.07) is 13.5. The molecule has 0 aliphatic rings. The van der Waals surface area contributed by atoms with Gasteiger partial charge in [-0.25, -0.2) is 4.79 Å². The van der Waals surface area contributed by atoms with E-state index in [9.17, 15) is 9.59 Å². The van der Waals surface area contributed by atoms with Crippen LogP contribution in [0.3, 0.4) is 0 Å². The molecule has 2 aromatic carbocycles. The second kappa shape index (κ2) is 11.5. The molecule has 174 valence electrons. The van der Waals surface area contributed by atoms with Crippen LogP contribution in [0.25, 0.3) is 11.1 Å². The molecule has 1 N–H and O–H groups in total. The van der Waals surface area contributed by atoms with Crippen LogP contribution in [0.5, 0.6) is 11.5 Å². The van der Waals surface area contributed by atoms with E-state index >= 15 is 0 Å². The molecule has 0 bridgehead atoms. The molecule has 0 aliphatic heterocycles.